The van der Waals surface area contributed by atoms with Gasteiger partial charge in [0.25, 0.3) is 5.91 Å². The summed E-state index contributed by atoms with van der Waals surface area (Å²) in [7, 11) is 0. The first-order valence-electron chi connectivity index (χ1n) is 5.73. The Balaban J connectivity index is 2.63. The minimum absolute atomic E-state index is 0.226. The standard InChI is InChI=1S/C13H18N2O2/c1-4-12(17-5-2)14-15-13(16)11-8-6-10(3)7-9-11/h6-9H,4-5H2,1-3H3,(H,15,16)/b14-12-. The van der Waals surface area contributed by atoms with Crippen molar-refractivity contribution in [1.29, 1.82) is 0 Å². The van der Waals surface area contributed by atoms with Gasteiger partial charge in [0.15, 0.2) is 0 Å². The number of ether oxygens (including phenoxy) is 1. The molecular formula is C13H18N2O2. The fourth-order valence-electron chi connectivity index (χ4n) is 1.26. The maximum atomic E-state index is 11.7. The molecule has 1 aromatic rings. The van der Waals surface area contributed by atoms with E-state index in [2.05, 4.69) is 10.5 Å². The number of benzene rings is 1. The Bertz CT molecular complexity index is 396. The van der Waals surface area contributed by atoms with Gasteiger partial charge in [-0.05, 0) is 26.0 Å². The molecule has 0 unspecified atom stereocenters. The lowest BCUT2D eigenvalue weighted by atomic mass is 10.1. The van der Waals surface area contributed by atoms with Crippen LogP contribution in [0.2, 0.25) is 0 Å². The Kier molecular flexibility index (Phi) is 5.20. The van der Waals surface area contributed by atoms with Crippen LogP contribution in [0.4, 0.5) is 0 Å². The second-order valence-electron chi connectivity index (χ2n) is 3.60. The Hall–Kier alpha value is -1.84. The highest BCUT2D eigenvalue weighted by Gasteiger charge is 2.04. The van der Waals surface area contributed by atoms with E-state index in [4.69, 9.17) is 4.74 Å². The Morgan fingerprint density at radius 3 is 2.47 bits per heavy atom. The summed E-state index contributed by atoms with van der Waals surface area (Å²) in [5, 5.41) is 3.93. The highest BCUT2D eigenvalue weighted by atomic mass is 16.5. The van der Waals surface area contributed by atoms with Crippen molar-refractivity contribution in [3.8, 4) is 0 Å². The number of hydrazone groups is 1. The largest absolute Gasteiger partial charge is 0.480 e. The molecule has 0 heterocycles. The van der Waals surface area contributed by atoms with Gasteiger partial charge in [0.05, 0.1) is 6.61 Å². The van der Waals surface area contributed by atoms with Crippen molar-refractivity contribution in [3.05, 3.63) is 35.4 Å². The number of hydrogen-bond acceptors (Lipinski definition) is 3. The van der Waals surface area contributed by atoms with Crippen molar-refractivity contribution in [3.63, 3.8) is 0 Å². The molecule has 92 valence electrons. The van der Waals surface area contributed by atoms with Crippen LogP contribution in [0.3, 0.4) is 0 Å². The predicted octanol–water partition coefficient (Wildman–Crippen LogP) is 2.48. The van der Waals surface area contributed by atoms with Crippen LogP contribution in [0.1, 0.15) is 36.2 Å². The van der Waals surface area contributed by atoms with Gasteiger partial charge >= 0.3 is 0 Å². The highest BCUT2D eigenvalue weighted by Crippen LogP contribution is 2.02. The van der Waals surface area contributed by atoms with Gasteiger partial charge in [0.1, 0.15) is 0 Å². The summed E-state index contributed by atoms with van der Waals surface area (Å²) >= 11 is 0. The van der Waals surface area contributed by atoms with E-state index in [0.717, 1.165) is 5.56 Å². The molecule has 0 atom stereocenters. The number of amides is 1. The topological polar surface area (TPSA) is 50.7 Å². The molecule has 0 aliphatic heterocycles. The number of rotatable bonds is 4. The van der Waals surface area contributed by atoms with E-state index in [1.54, 1.807) is 12.1 Å². The van der Waals surface area contributed by atoms with Crippen LogP contribution in [-0.4, -0.2) is 18.4 Å². The van der Waals surface area contributed by atoms with Gasteiger partial charge in [-0.2, -0.15) is 0 Å². The second kappa shape index (κ2) is 6.68. The van der Waals surface area contributed by atoms with Gasteiger partial charge in [-0.3, -0.25) is 4.79 Å². The van der Waals surface area contributed by atoms with Crippen LogP contribution in [0.5, 0.6) is 0 Å². The van der Waals surface area contributed by atoms with Gasteiger partial charge in [0.2, 0.25) is 5.90 Å². The maximum absolute atomic E-state index is 11.7. The van der Waals surface area contributed by atoms with Crippen molar-refractivity contribution in [1.82, 2.24) is 5.43 Å². The molecule has 1 aromatic carbocycles. The van der Waals surface area contributed by atoms with Crippen molar-refractivity contribution < 1.29 is 9.53 Å². The molecular weight excluding hydrogens is 216 g/mol. The van der Waals surface area contributed by atoms with E-state index in [9.17, 15) is 4.79 Å². The van der Waals surface area contributed by atoms with Gasteiger partial charge < -0.3 is 4.74 Å². The third kappa shape index (κ3) is 4.26. The van der Waals surface area contributed by atoms with Gasteiger partial charge in [-0.25, -0.2) is 5.43 Å². The molecule has 0 radical (unpaired) electrons. The van der Waals surface area contributed by atoms with Crippen LogP contribution in [0.25, 0.3) is 0 Å². The third-order valence-electron chi connectivity index (χ3n) is 2.21. The van der Waals surface area contributed by atoms with E-state index in [-0.39, 0.29) is 5.91 Å². The van der Waals surface area contributed by atoms with E-state index < -0.39 is 0 Å². The molecule has 0 spiro atoms. The normalized spacial score (nSPS) is 11.1. The number of nitrogens with zero attached hydrogens (tertiary/aromatic N) is 1. The SMILES string of the molecule is CCO/C(CC)=N\NC(=O)c1ccc(C)cc1. The van der Waals surface area contributed by atoms with Crippen LogP contribution >= 0.6 is 0 Å². The maximum Gasteiger partial charge on any atom is 0.271 e. The molecule has 4 nitrogen and oxygen atoms in total. The number of carbonyl (C=O) groups excluding carboxylic acids is 1. The molecule has 0 aromatic heterocycles. The summed E-state index contributed by atoms with van der Waals surface area (Å²) in [6.07, 6.45) is 0.655. The third-order valence-corrected chi connectivity index (χ3v) is 2.21. The van der Waals surface area contributed by atoms with Gasteiger partial charge in [-0.1, -0.05) is 24.6 Å². The molecule has 1 rings (SSSR count). The minimum Gasteiger partial charge on any atom is -0.480 e. The fourth-order valence-corrected chi connectivity index (χ4v) is 1.26. The molecule has 17 heavy (non-hydrogen) atoms. The Labute approximate surface area is 102 Å². The van der Waals surface area contributed by atoms with Gasteiger partial charge in [0, 0.05) is 12.0 Å². The van der Waals surface area contributed by atoms with Crippen molar-refractivity contribution in [2.75, 3.05) is 6.61 Å². The fraction of sp³-hybridized carbons (Fsp3) is 0.385. The van der Waals surface area contributed by atoms with E-state index in [1.807, 2.05) is 32.9 Å². The molecule has 0 aliphatic rings. The predicted molar refractivity (Wildman–Crippen MR) is 68.0 cm³/mol. The summed E-state index contributed by atoms with van der Waals surface area (Å²) in [5.41, 5.74) is 4.19. The molecule has 0 aliphatic carbocycles. The summed E-state index contributed by atoms with van der Waals surface area (Å²) in [5.74, 6) is 0.309. The molecule has 1 N–H and O–H groups in total. The number of carbonyl (C=O) groups is 1. The van der Waals surface area contributed by atoms with Crippen molar-refractivity contribution in [2.24, 2.45) is 5.10 Å². The van der Waals surface area contributed by atoms with Gasteiger partial charge in [-0.15, -0.1) is 5.10 Å². The van der Waals surface area contributed by atoms with E-state index in [0.29, 0.717) is 24.5 Å². The molecule has 0 saturated heterocycles. The summed E-state index contributed by atoms with van der Waals surface area (Å²) in [6, 6.07) is 7.32. The summed E-state index contributed by atoms with van der Waals surface area (Å²) < 4.78 is 5.23. The van der Waals surface area contributed by atoms with Crippen LogP contribution in [-0.2, 0) is 4.74 Å². The zero-order valence-electron chi connectivity index (χ0n) is 10.5. The monoisotopic (exact) mass is 234 g/mol. The molecule has 1 amide bonds. The molecule has 0 fully saturated rings. The van der Waals surface area contributed by atoms with E-state index in [1.165, 1.54) is 0 Å². The zero-order valence-corrected chi connectivity index (χ0v) is 10.5. The van der Waals surface area contributed by atoms with Crippen LogP contribution < -0.4 is 5.43 Å². The number of aryl methyl sites for hydroxylation is 1. The minimum atomic E-state index is -0.226. The first-order valence-corrected chi connectivity index (χ1v) is 5.73. The smallest absolute Gasteiger partial charge is 0.271 e. The lowest BCUT2D eigenvalue weighted by Gasteiger charge is -2.05. The Morgan fingerprint density at radius 1 is 1.29 bits per heavy atom. The summed E-state index contributed by atoms with van der Waals surface area (Å²) in [4.78, 5) is 11.7. The highest BCUT2D eigenvalue weighted by molar-refractivity contribution is 5.94. The van der Waals surface area contributed by atoms with Crippen molar-refractivity contribution in [2.45, 2.75) is 27.2 Å². The van der Waals surface area contributed by atoms with Crippen molar-refractivity contribution >= 4 is 11.8 Å². The van der Waals surface area contributed by atoms with Crippen LogP contribution in [0, 0.1) is 6.92 Å². The second-order valence-corrected chi connectivity index (χ2v) is 3.60. The zero-order chi connectivity index (χ0) is 12.7. The average Bonchev–Trinajstić information content (AvgIpc) is 2.35. The molecule has 4 heteroatoms. The quantitative estimate of drug-likeness (QED) is 0.494. The lowest BCUT2D eigenvalue weighted by molar-refractivity contribution is 0.0953. The first kappa shape index (κ1) is 13.2. The first-order chi connectivity index (χ1) is 8.17. The lowest BCUT2D eigenvalue weighted by Crippen LogP contribution is -2.20. The Morgan fingerprint density at radius 2 is 1.94 bits per heavy atom. The molecule has 0 saturated carbocycles. The summed E-state index contributed by atoms with van der Waals surface area (Å²) in [6.45, 7) is 6.33. The number of hydrogen-bond donors (Lipinski definition) is 1. The molecule has 0 bridgehead atoms. The number of nitrogens with one attached hydrogen (secondary N) is 1. The average molecular weight is 234 g/mol. The van der Waals surface area contributed by atoms with Crippen LogP contribution in [0.15, 0.2) is 29.4 Å². The van der Waals surface area contributed by atoms with E-state index >= 15 is 0 Å².